The van der Waals surface area contributed by atoms with Crippen LogP contribution >= 0.6 is 0 Å². The van der Waals surface area contributed by atoms with E-state index in [1.807, 2.05) is 37.3 Å². The van der Waals surface area contributed by atoms with Crippen molar-refractivity contribution >= 4 is 16.7 Å². The second-order valence-corrected chi connectivity index (χ2v) is 5.93. The normalized spacial score (nSPS) is 10.7. The van der Waals surface area contributed by atoms with E-state index in [-0.39, 0.29) is 25.2 Å². The third-order valence-corrected chi connectivity index (χ3v) is 4.04. The van der Waals surface area contributed by atoms with Crippen molar-refractivity contribution in [3.8, 4) is 5.75 Å². The van der Waals surface area contributed by atoms with Gasteiger partial charge in [0.05, 0.1) is 17.5 Å². The van der Waals surface area contributed by atoms with E-state index in [0.717, 1.165) is 11.3 Å². The molecule has 1 heterocycles. The van der Waals surface area contributed by atoms with Crippen molar-refractivity contribution < 1.29 is 14.3 Å². The first-order valence-corrected chi connectivity index (χ1v) is 8.35. The number of ether oxygens (including phenoxy) is 2. The average molecular weight is 352 g/mol. The Morgan fingerprint density at radius 1 is 1.04 bits per heavy atom. The van der Waals surface area contributed by atoms with Crippen molar-refractivity contribution in [1.82, 2.24) is 9.78 Å². The molecule has 0 atom stereocenters. The first-order valence-electron chi connectivity index (χ1n) is 8.35. The van der Waals surface area contributed by atoms with E-state index in [9.17, 15) is 9.59 Å². The van der Waals surface area contributed by atoms with Crippen molar-refractivity contribution in [3.63, 3.8) is 0 Å². The number of carbonyl (C=O) groups is 1. The molecular formula is C20H20N2O4. The third-order valence-electron chi connectivity index (χ3n) is 4.04. The number of hydrogen-bond donors (Lipinski definition) is 0. The summed E-state index contributed by atoms with van der Waals surface area (Å²) in [5.74, 6) is 0.365. The van der Waals surface area contributed by atoms with E-state index in [1.165, 1.54) is 4.68 Å². The minimum absolute atomic E-state index is 0.000994. The van der Waals surface area contributed by atoms with Gasteiger partial charge in [-0.05, 0) is 24.6 Å². The van der Waals surface area contributed by atoms with E-state index in [2.05, 4.69) is 5.10 Å². The molecular weight excluding hydrogens is 332 g/mol. The molecule has 0 fully saturated rings. The number of para-hydroxylation sites is 1. The summed E-state index contributed by atoms with van der Waals surface area (Å²) in [6.07, 6.45) is -0.000994. The van der Waals surface area contributed by atoms with Crippen LogP contribution in [0.5, 0.6) is 5.75 Å². The fraction of sp³-hybridized carbons (Fsp3) is 0.250. The Bertz CT molecular complexity index is 995. The number of esters is 1. The van der Waals surface area contributed by atoms with Gasteiger partial charge in [-0.25, -0.2) is 4.68 Å². The largest absolute Gasteiger partial charge is 0.490 e. The van der Waals surface area contributed by atoms with Gasteiger partial charge >= 0.3 is 5.97 Å². The lowest BCUT2D eigenvalue weighted by atomic mass is 10.1. The van der Waals surface area contributed by atoms with E-state index in [1.54, 1.807) is 25.2 Å². The summed E-state index contributed by atoms with van der Waals surface area (Å²) >= 11 is 0. The molecule has 0 bridgehead atoms. The van der Waals surface area contributed by atoms with Crippen molar-refractivity contribution in [2.75, 3.05) is 13.2 Å². The topological polar surface area (TPSA) is 70.4 Å². The van der Waals surface area contributed by atoms with Crippen LogP contribution in [0.2, 0.25) is 0 Å². The molecule has 6 nitrogen and oxygen atoms in total. The zero-order valence-electron chi connectivity index (χ0n) is 14.8. The van der Waals surface area contributed by atoms with Gasteiger partial charge in [0.2, 0.25) is 0 Å². The van der Waals surface area contributed by atoms with Gasteiger partial charge in [-0.2, -0.15) is 5.10 Å². The summed E-state index contributed by atoms with van der Waals surface area (Å²) in [6.45, 7) is 2.38. The molecule has 0 radical (unpaired) electrons. The molecule has 0 N–H and O–H groups in total. The van der Waals surface area contributed by atoms with Crippen molar-refractivity contribution in [2.24, 2.45) is 7.05 Å². The lowest BCUT2D eigenvalue weighted by molar-refractivity contribution is -0.143. The zero-order valence-corrected chi connectivity index (χ0v) is 14.8. The molecule has 0 unspecified atom stereocenters. The fourth-order valence-corrected chi connectivity index (χ4v) is 2.72. The molecule has 1 aromatic heterocycles. The summed E-state index contributed by atoms with van der Waals surface area (Å²) in [5.41, 5.74) is 1.36. The van der Waals surface area contributed by atoms with Crippen LogP contribution in [0, 0.1) is 6.92 Å². The predicted molar refractivity (Wildman–Crippen MR) is 98.3 cm³/mol. The highest BCUT2D eigenvalue weighted by Crippen LogP contribution is 2.16. The molecule has 0 spiro atoms. The van der Waals surface area contributed by atoms with Gasteiger partial charge < -0.3 is 9.47 Å². The van der Waals surface area contributed by atoms with Gasteiger partial charge in [0.1, 0.15) is 19.0 Å². The van der Waals surface area contributed by atoms with Crippen LogP contribution in [0.15, 0.2) is 53.3 Å². The van der Waals surface area contributed by atoms with Crippen LogP contribution in [0.25, 0.3) is 10.8 Å². The van der Waals surface area contributed by atoms with E-state index in [4.69, 9.17) is 9.47 Å². The van der Waals surface area contributed by atoms with E-state index in [0.29, 0.717) is 16.5 Å². The fourth-order valence-electron chi connectivity index (χ4n) is 2.72. The zero-order chi connectivity index (χ0) is 18.5. The SMILES string of the molecule is Cc1ccccc1OCCOC(=O)Cc1nn(C)c(=O)c2ccccc12. The van der Waals surface area contributed by atoms with Gasteiger partial charge in [0.15, 0.2) is 0 Å². The minimum Gasteiger partial charge on any atom is -0.490 e. The lowest BCUT2D eigenvalue weighted by Gasteiger charge is -2.10. The molecule has 0 aliphatic rings. The Labute approximate surface area is 151 Å². The molecule has 0 aliphatic carbocycles. The van der Waals surface area contributed by atoms with E-state index < -0.39 is 5.97 Å². The molecule has 0 aliphatic heterocycles. The Hall–Kier alpha value is -3.15. The number of rotatable bonds is 6. The monoisotopic (exact) mass is 352 g/mol. The highest BCUT2D eigenvalue weighted by atomic mass is 16.6. The summed E-state index contributed by atoms with van der Waals surface area (Å²) in [6, 6.07) is 14.8. The maximum atomic E-state index is 12.1. The van der Waals surface area contributed by atoms with Crippen molar-refractivity contribution in [1.29, 1.82) is 0 Å². The lowest BCUT2D eigenvalue weighted by Crippen LogP contribution is -2.23. The van der Waals surface area contributed by atoms with Crippen LogP contribution in [0.4, 0.5) is 0 Å². The Morgan fingerprint density at radius 3 is 2.50 bits per heavy atom. The van der Waals surface area contributed by atoms with Crippen LogP contribution in [0.3, 0.4) is 0 Å². The van der Waals surface area contributed by atoms with Crippen LogP contribution in [-0.4, -0.2) is 29.0 Å². The number of benzene rings is 2. The molecule has 6 heteroatoms. The van der Waals surface area contributed by atoms with Crippen LogP contribution in [-0.2, 0) is 23.0 Å². The minimum atomic E-state index is -0.408. The summed E-state index contributed by atoms with van der Waals surface area (Å²) < 4.78 is 12.1. The number of carbonyl (C=O) groups excluding carboxylic acids is 1. The smallest absolute Gasteiger partial charge is 0.312 e. The molecule has 134 valence electrons. The number of fused-ring (bicyclic) bond motifs is 1. The predicted octanol–water partition coefficient (Wildman–Crippen LogP) is 2.41. The number of aryl methyl sites for hydroxylation is 2. The van der Waals surface area contributed by atoms with Gasteiger partial charge in [-0.3, -0.25) is 9.59 Å². The molecule has 3 aromatic rings. The van der Waals surface area contributed by atoms with E-state index >= 15 is 0 Å². The second-order valence-electron chi connectivity index (χ2n) is 5.93. The summed E-state index contributed by atoms with van der Waals surface area (Å²) in [4.78, 5) is 24.2. The summed E-state index contributed by atoms with van der Waals surface area (Å²) in [5, 5.41) is 5.41. The van der Waals surface area contributed by atoms with Gasteiger partial charge in [0.25, 0.3) is 5.56 Å². The van der Waals surface area contributed by atoms with Gasteiger partial charge in [0, 0.05) is 12.4 Å². The molecule has 26 heavy (non-hydrogen) atoms. The van der Waals surface area contributed by atoms with Gasteiger partial charge in [-0.1, -0.05) is 36.4 Å². The highest BCUT2D eigenvalue weighted by molar-refractivity contribution is 5.86. The maximum Gasteiger partial charge on any atom is 0.312 e. The van der Waals surface area contributed by atoms with Crippen LogP contribution in [0.1, 0.15) is 11.3 Å². The molecule has 0 amide bonds. The van der Waals surface area contributed by atoms with Crippen LogP contribution < -0.4 is 10.3 Å². The standard InChI is InChI=1S/C20H20N2O4/c1-14-7-3-6-10-18(14)25-11-12-26-19(23)13-17-15-8-4-5-9-16(15)20(24)22(2)21-17/h3-10H,11-13H2,1-2H3. The highest BCUT2D eigenvalue weighted by Gasteiger charge is 2.13. The first-order chi connectivity index (χ1) is 12.6. The number of aromatic nitrogens is 2. The average Bonchev–Trinajstić information content (AvgIpc) is 2.64. The summed E-state index contributed by atoms with van der Waals surface area (Å²) in [7, 11) is 1.57. The molecule has 0 saturated carbocycles. The number of hydrogen-bond acceptors (Lipinski definition) is 5. The second kappa shape index (κ2) is 7.82. The molecule has 2 aromatic carbocycles. The third kappa shape index (κ3) is 3.91. The van der Waals surface area contributed by atoms with Gasteiger partial charge in [-0.15, -0.1) is 0 Å². The first kappa shape index (κ1) is 17.7. The Balaban J connectivity index is 1.60. The molecule has 0 saturated heterocycles. The van der Waals surface area contributed by atoms with Crippen molar-refractivity contribution in [3.05, 3.63) is 70.1 Å². The quantitative estimate of drug-likeness (QED) is 0.503. The Kier molecular flexibility index (Phi) is 5.31. The van der Waals surface area contributed by atoms with Crippen molar-refractivity contribution in [2.45, 2.75) is 13.3 Å². The maximum absolute atomic E-state index is 12.1. The molecule has 3 rings (SSSR count). The Morgan fingerprint density at radius 2 is 1.73 bits per heavy atom. The number of nitrogens with zero attached hydrogens (tertiary/aromatic N) is 2.